The van der Waals surface area contributed by atoms with Crippen molar-refractivity contribution >= 4 is 0 Å². The van der Waals surface area contributed by atoms with Gasteiger partial charge >= 0.3 is 6.18 Å². The molecule has 1 N–H and O–H groups in total. The Balaban J connectivity index is 2.15. The molecule has 0 heterocycles. The second-order valence-corrected chi connectivity index (χ2v) is 4.49. The molecule has 1 fully saturated rings. The Morgan fingerprint density at radius 1 is 1.24 bits per heavy atom. The number of benzene rings is 1. The second kappa shape index (κ2) is 4.69. The Hall–Kier alpha value is -1.03. The average Bonchev–Trinajstić information content (AvgIpc) is 3.09. The zero-order valence-corrected chi connectivity index (χ0v) is 9.72. The van der Waals surface area contributed by atoms with E-state index < -0.39 is 11.7 Å². The third-order valence-corrected chi connectivity index (χ3v) is 3.11. The summed E-state index contributed by atoms with van der Waals surface area (Å²) in [6, 6.07) is 5.73. The highest BCUT2D eigenvalue weighted by atomic mass is 19.4. The lowest BCUT2D eigenvalue weighted by Crippen LogP contribution is -2.22. The highest BCUT2D eigenvalue weighted by Crippen LogP contribution is 2.41. The molecule has 0 aliphatic heterocycles. The molecule has 0 saturated heterocycles. The van der Waals surface area contributed by atoms with E-state index in [1.165, 1.54) is 25.0 Å². The maximum atomic E-state index is 12.4. The summed E-state index contributed by atoms with van der Waals surface area (Å²) in [7, 11) is 0. The molecule has 1 unspecified atom stereocenters. The minimum atomic E-state index is -4.24. The van der Waals surface area contributed by atoms with E-state index in [1.54, 1.807) is 12.1 Å². The van der Waals surface area contributed by atoms with Crippen molar-refractivity contribution in [1.29, 1.82) is 0 Å². The number of alkyl halides is 3. The van der Waals surface area contributed by atoms with Gasteiger partial charge < -0.3 is 5.32 Å². The van der Waals surface area contributed by atoms with Crippen molar-refractivity contribution in [3.63, 3.8) is 0 Å². The summed E-state index contributed by atoms with van der Waals surface area (Å²) >= 11 is 0. The van der Waals surface area contributed by atoms with E-state index in [9.17, 15) is 13.2 Å². The second-order valence-electron chi connectivity index (χ2n) is 4.49. The lowest BCUT2D eigenvalue weighted by Gasteiger charge is -2.18. The van der Waals surface area contributed by atoms with Crippen molar-refractivity contribution in [1.82, 2.24) is 5.32 Å². The molecule has 0 aromatic heterocycles. The van der Waals surface area contributed by atoms with Crippen LogP contribution in [0.4, 0.5) is 13.2 Å². The van der Waals surface area contributed by atoms with Gasteiger partial charge in [0.25, 0.3) is 0 Å². The van der Waals surface area contributed by atoms with Gasteiger partial charge in [-0.25, -0.2) is 0 Å². The predicted octanol–water partition coefficient (Wildman–Crippen LogP) is 3.77. The monoisotopic (exact) mass is 243 g/mol. The van der Waals surface area contributed by atoms with Gasteiger partial charge in [0.1, 0.15) is 0 Å². The van der Waals surface area contributed by atoms with Crippen molar-refractivity contribution in [3.8, 4) is 0 Å². The number of hydrogen-bond acceptors (Lipinski definition) is 1. The highest BCUT2D eigenvalue weighted by Gasteiger charge is 2.33. The van der Waals surface area contributed by atoms with Gasteiger partial charge in [-0.3, -0.25) is 0 Å². The fourth-order valence-electron chi connectivity index (χ4n) is 2.09. The summed E-state index contributed by atoms with van der Waals surface area (Å²) in [5.74, 6) is 0.590. The minimum absolute atomic E-state index is 0.210. The molecule has 1 aliphatic rings. The number of hydrogen-bond donors (Lipinski definition) is 1. The van der Waals surface area contributed by atoms with Crippen molar-refractivity contribution in [3.05, 3.63) is 35.4 Å². The zero-order valence-electron chi connectivity index (χ0n) is 9.72. The minimum Gasteiger partial charge on any atom is -0.310 e. The molecule has 2 rings (SSSR count). The molecule has 1 nitrogen and oxygen atoms in total. The van der Waals surface area contributed by atoms with Crippen molar-refractivity contribution in [2.24, 2.45) is 5.92 Å². The van der Waals surface area contributed by atoms with Gasteiger partial charge in [-0.1, -0.05) is 19.1 Å². The molecule has 17 heavy (non-hydrogen) atoms. The molecule has 1 aromatic rings. The first-order valence-corrected chi connectivity index (χ1v) is 5.93. The first-order chi connectivity index (χ1) is 8.02. The molecular weight excluding hydrogens is 227 g/mol. The smallest absolute Gasteiger partial charge is 0.310 e. The summed E-state index contributed by atoms with van der Waals surface area (Å²) in [6.45, 7) is 2.85. The van der Waals surface area contributed by atoms with Crippen LogP contribution in [0.3, 0.4) is 0 Å². The maximum Gasteiger partial charge on any atom is 0.416 e. The van der Waals surface area contributed by atoms with Gasteiger partial charge in [0.2, 0.25) is 0 Å². The lowest BCUT2D eigenvalue weighted by atomic mass is 10.0. The molecule has 1 saturated carbocycles. The quantitative estimate of drug-likeness (QED) is 0.848. The highest BCUT2D eigenvalue weighted by molar-refractivity contribution is 5.28. The molecular formula is C13H16F3N. The maximum absolute atomic E-state index is 12.4. The molecule has 1 atom stereocenters. The van der Waals surface area contributed by atoms with E-state index in [1.807, 2.05) is 6.92 Å². The van der Waals surface area contributed by atoms with Crippen LogP contribution >= 0.6 is 0 Å². The Morgan fingerprint density at radius 3 is 2.24 bits per heavy atom. The predicted molar refractivity (Wildman–Crippen MR) is 60.6 cm³/mol. The van der Waals surface area contributed by atoms with E-state index in [0.29, 0.717) is 5.92 Å². The van der Waals surface area contributed by atoms with Crippen LogP contribution < -0.4 is 5.32 Å². The first-order valence-electron chi connectivity index (χ1n) is 5.93. The van der Waals surface area contributed by atoms with Crippen LogP contribution in [0.2, 0.25) is 0 Å². The van der Waals surface area contributed by atoms with Crippen molar-refractivity contribution < 1.29 is 13.2 Å². The Kier molecular flexibility index (Phi) is 3.43. The van der Waals surface area contributed by atoms with Crippen LogP contribution in [0.5, 0.6) is 0 Å². The summed E-state index contributed by atoms with van der Waals surface area (Å²) < 4.78 is 37.3. The zero-order chi connectivity index (χ0) is 12.5. The van der Waals surface area contributed by atoms with Gasteiger partial charge in [-0.2, -0.15) is 13.2 Å². The Labute approximate surface area is 99.0 Å². The summed E-state index contributed by atoms with van der Waals surface area (Å²) in [6.07, 6.45) is -1.91. The third kappa shape index (κ3) is 3.00. The van der Waals surface area contributed by atoms with E-state index in [-0.39, 0.29) is 6.04 Å². The van der Waals surface area contributed by atoms with Crippen LogP contribution in [0.15, 0.2) is 24.3 Å². The molecule has 4 heteroatoms. The summed E-state index contributed by atoms with van der Waals surface area (Å²) in [4.78, 5) is 0. The van der Waals surface area contributed by atoms with Gasteiger partial charge in [-0.15, -0.1) is 0 Å². The Morgan fingerprint density at radius 2 is 1.82 bits per heavy atom. The first kappa shape index (κ1) is 12.4. The van der Waals surface area contributed by atoms with E-state index >= 15 is 0 Å². The van der Waals surface area contributed by atoms with Crippen LogP contribution in [-0.2, 0) is 6.18 Å². The molecule has 0 amide bonds. The molecule has 0 radical (unpaired) electrons. The van der Waals surface area contributed by atoms with Crippen LogP contribution in [0, 0.1) is 5.92 Å². The van der Waals surface area contributed by atoms with Crippen LogP contribution in [0.25, 0.3) is 0 Å². The Bertz CT molecular complexity index is 365. The SMILES string of the molecule is CCNC(c1ccc(C(F)(F)F)cc1)C1CC1. The standard InChI is InChI=1S/C13H16F3N/c1-2-17-12(9-3-4-9)10-5-7-11(8-6-10)13(14,15)16/h5-9,12,17H,2-4H2,1H3. The van der Waals surface area contributed by atoms with Crippen molar-refractivity contribution in [2.75, 3.05) is 6.54 Å². The molecule has 0 spiro atoms. The molecule has 94 valence electrons. The largest absolute Gasteiger partial charge is 0.416 e. The number of nitrogens with one attached hydrogen (secondary N) is 1. The van der Waals surface area contributed by atoms with Gasteiger partial charge in [-0.05, 0) is 43.0 Å². The lowest BCUT2D eigenvalue weighted by molar-refractivity contribution is -0.137. The topological polar surface area (TPSA) is 12.0 Å². The van der Waals surface area contributed by atoms with Gasteiger partial charge in [0, 0.05) is 6.04 Å². The van der Waals surface area contributed by atoms with E-state index in [0.717, 1.165) is 12.1 Å². The fraction of sp³-hybridized carbons (Fsp3) is 0.538. The van der Waals surface area contributed by atoms with Gasteiger partial charge in [0.05, 0.1) is 5.56 Å². The van der Waals surface area contributed by atoms with Crippen molar-refractivity contribution in [2.45, 2.75) is 32.0 Å². The normalized spacial score (nSPS) is 18.1. The number of halogens is 3. The van der Waals surface area contributed by atoms with Crippen LogP contribution in [0.1, 0.15) is 36.9 Å². The van der Waals surface area contributed by atoms with Crippen LogP contribution in [-0.4, -0.2) is 6.54 Å². The molecule has 1 aromatic carbocycles. The van der Waals surface area contributed by atoms with Gasteiger partial charge in [0.15, 0.2) is 0 Å². The third-order valence-electron chi connectivity index (χ3n) is 3.11. The van der Waals surface area contributed by atoms with E-state index in [2.05, 4.69) is 5.32 Å². The fourth-order valence-corrected chi connectivity index (χ4v) is 2.09. The molecule has 0 bridgehead atoms. The van der Waals surface area contributed by atoms with E-state index in [4.69, 9.17) is 0 Å². The summed E-state index contributed by atoms with van der Waals surface area (Å²) in [5.41, 5.74) is 0.384. The average molecular weight is 243 g/mol. The number of rotatable bonds is 4. The summed E-state index contributed by atoms with van der Waals surface area (Å²) in [5, 5.41) is 3.34. The molecule has 1 aliphatic carbocycles.